The Morgan fingerprint density at radius 2 is 2.11 bits per heavy atom. The van der Waals surface area contributed by atoms with Crippen molar-refractivity contribution in [3.63, 3.8) is 0 Å². The lowest BCUT2D eigenvalue weighted by Crippen LogP contribution is -2.34. The SMILES string of the molecule is CCCC1CCN(c2cccc(N)c2[N+](=O)[O-])CC1. The summed E-state index contributed by atoms with van der Waals surface area (Å²) in [5, 5.41) is 11.2. The molecule has 0 unspecified atom stereocenters. The van der Waals surface area contributed by atoms with Crippen LogP contribution < -0.4 is 10.6 Å². The van der Waals surface area contributed by atoms with E-state index in [4.69, 9.17) is 5.73 Å². The lowest BCUT2D eigenvalue weighted by Gasteiger charge is -2.33. The van der Waals surface area contributed by atoms with Crippen molar-refractivity contribution >= 4 is 17.1 Å². The number of anilines is 2. The van der Waals surface area contributed by atoms with Crippen LogP contribution in [0.2, 0.25) is 0 Å². The van der Waals surface area contributed by atoms with Crippen molar-refractivity contribution < 1.29 is 4.92 Å². The molecule has 2 N–H and O–H groups in total. The number of hydrogen-bond donors (Lipinski definition) is 1. The normalized spacial score (nSPS) is 16.6. The van der Waals surface area contributed by atoms with Gasteiger partial charge >= 0.3 is 5.69 Å². The Kier molecular flexibility index (Phi) is 4.24. The second-order valence-electron chi connectivity index (χ2n) is 5.19. The van der Waals surface area contributed by atoms with Gasteiger partial charge < -0.3 is 10.6 Å². The molecule has 0 atom stereocenters. The summed E-state index contributed by atoms with van der Waals surface area (Å²) in [6, 6.07) is 5.18. The van der Waals surface area contributed by atoms with Crippen molar-refractivity contribution in [3.8, 4) is 0 Å². The number of nitrogens with two attached hydrogens (primary N) is 1. The number of nitrogens with zero attached hydrogens (tertiary/aromatic N) is 2. The fraction of sp³-hybridized carbons (Fsp3) is 0.571. The highest BCUT2D eigenvalue weighted by Crippen LogP contribution is 2.36. The zero-order valence-electron chi connectivity index (χ0n) is 11.3. The number of nitrogen functional groups attached to an aromatic ring is 1. The molecule has 104 valence electrons. The van der Waals surface area contributed by atoms with Gasteiger partial charge in [-0.25, -0.2) is 0 Å². The van der Waals surface area contributed by atoms with Crippen LogP contribution in [0.5, 0.6) is 0 Å². The van der Waals surface area contributed by atoms with Gasteiger partial charge in [0, 0.05) is 13.1 Å². The van der Waals surface area contributed by atoms with E-state index in [-0.39, 0.29) is 16.3 Å². The Morgan fingerprint density at radius 1 is 1.42 bits per heavy atom. The number of para-hydroxylation sites is 1. The number of nitro benzene ring substituents is 1. The van der Waals surface area contributed by atoms with Crippen LogP contribution >= 0.6 is 0 Å². The molecule has 1 fully saturated rings. The number of nitro groups is 1. The Bertz CT molecular complexity index is 454. The van der Waals surface area contributed by atoms with E-state index in [2.05, 4.69) is 11.8 Å². The fourth-order valence-corrected chi connectivity index (χ4v) is 2.87. The first kappa shape index (κ1) is 13.6. The number of rotatable bonds is 4. The van der Waals surface area contributed by atoms with Gasteiger partial charge in [-0.05, 0) is 30.9 Å². The summed E-state index contributed by atoms with van der Waals surface area (Å²) < 4.78 is 0. The molecule has 2 rings (SSSR count). The van der Waals surface area contributed by atoms with E-state index in [0.29, 0.717) is 5.69 Å². The Hall–Kier alpha value is -1.78. The third-order valence-corrected chi connectivity index (χ3v) is 3.88. The summed E-state index contributed by atoms with van der Waals surface area (Å²) in [6.45, 7) is 3.97. The molecule has 1 aromatic carbocycles. The molecule has 5 nitrogen and oxygen atoms in total. The van der Waals surface area contributed by atoms with E-state index < -0.39 is 0 Å². The molecule has 1 aliphatic rings. The summed E-state index contributed by atoms with van der Waals surface area (Å²) in [5.74, 6) is 0.765. The first-order valence-electron chi connectivity index (χ1n) is 6.91. The van der Waals surface area contributed by atoms with Crippen molar-refractivity contribution in [2.75, 3.05) is 23.7 Å². The standard InChI is InChI=1S/C14H21N3O2/c1-2-4-11-7-9-16(10-8-11)13-6-3-5-12(15)14(13)17(18)19/h3,5-6,11H,2,4,7-10,15H2,1H3. The molecule has 1 saturated heterocycles. The van der Waals surface area contributed by atoms with Gasteiger partial charge in [-0.3, -0.25) is 10.1 Å². The van der Waals surface area contributed by atoms with E-state index in [1.54, 1.807) is 18.2 Å². The summed E-state index contributed by atoms with van der Waals surface area (Å²) in [4.78, 5) is 12.9. The summed E-state index contributed by atoms with van der Waals surface area (Å²) in [5.41, 5.74) is 6.70. The average molecular weight is 263 g/mol. The minimum atomic E-state index is -0.372. The first-order valence-corrected chi connectivity index (χ1v) is 6.91. The lowest BCUT2D eigenvalue weighted by molar-refractivity contribution is -0.383. The third-order valence-electron chi connectivity index (χ3n) is 3.88. The minimum Gasteiger partial charge on any atom is -0.393 e. The predicted octanol–water partition coefficient (Wildman–Crippen LogP) is 3.19. The van der Waals surface area contributed by atoms with Crippen LogP contribution in [0.4, 0.5) is 17.1 Å². The molecular formula is C14H21N3O2. The van der Waals surface area contributed by atoms with Crippen molar-refractivity contribution in [1.29, 1.82) is 0 Å². The Balaban J connectivity index is 2.15. The predicted molar refractivity (Wildman–Crippen MR) is 77.4 cm³/mol. The van der Waals surface area contributed by atoms with Gasteiger partial charge in [0.15, 0.2) is 0 Å². The van der Waals surface area contributed by atoms with Gasteiger partial charge in [-0.15, -0.1) is 0 Å². The van der Waals surface area contributed by atoms with Crippen LogP contribution in [0, 0.1) is 16.0 Å². The van der Waals surface area contributed by atoms with Crippen molar-refractivity contribution in [2.45, 2.75) is 32.6 Å². The maximum absolute atomic E-state index is 11.2. The third kappa shape index (κ3) is 2.97. The molecule has 1 heterocycles. The highest BCUT2D eigenvalue weighted by Gasteiger charge is 2.26. The van der Waals surface area contributed by atoms with Crippen LogP contribution in [0.25, 0.3) is 0 Å². The van der Waals surface area contributed by atoms with Crippen LogP contribution in [0.1, 0.15) is 32.6 Å². The molecule has 1 aliphatic heterocycles. The van der Waals surface area contributed by atoms with Gasteiger partial charge in [0.2, 0.25) is 0 Å². The van der Waals surface area contributed by atoms with Gasteiger partial charge in [0.25, 0.3) is 0 Å². The van der Waals surface area contributed by atoms with Gasteiger partial charge in [-0.1, -0.05) is 25.8 Å². The maximum Gasteiger partial charge on any atom is 0.315 e. The monoisotopic (exact) mass is 263 g/mol. The van der Waals surface area contributed by atoms with Crippen LogP contribution in [0.15, 0.2) is 18.2 Å². The molecular weight excluding hydrogens is 242 g/mol. The Labute approximate surface area is 113 Å². The van der Waals surface area contributed by atoms with Gasteiger partial charge in [0.05, 0.1) is 4.92 Å². The molecule has 19 heavy (non-hydrogen) atoms. The molecule has 5 heteroatoms. The Morgan fingerprint density at radius 3 is 2.68 bits per heavy atom. The summed E-state index contributed by atoms with van der Waals surface area (Å²) >= 11 is 0. The summed E-state index contributed by atoms with van der Waals surface area (Å²) in [7, 11) is 0. The average Bonchev–Trinajstić information content (AvgIpc) is 2.39. The second-order valence-corrected chi connectivity index (χ2v) is 5.19. The van der Waals surface area contributed by atoms with Crippen molar-refractivity contribution in [3.05, 3.63) is 28.3 Å². The second kappa shape index (κ2) is 5.91. The first-order chi connectivity index (χ1) is 9.13. The molecule has 0 aliphatic carbocycles. The van der Waals surface area contributed by atoms with Crippen LogP contribution in [0.3, 0.4) is 0 Å². The highest BCUT2D eigenvalue weighted by molar-refractivity contribution is 5.75. The fourth-order valence-electron chi connectivity index (χ4n) is 2.87. The maximum atomic E-state index is 11.2. The summed E-state index contributed by atoms with van der Waals surface area (Å²) in [6.07, 6.45) is 4.69. The van der Waals surface area contributed by atoms with Crippen LogP contribution in [-0.4, -0.2) is 18.0 Å². The number of benzene rings is 1. The van der Waals surface area contributed by atoms with E-state index in [1.807, 2.05) is 0 Å². The highest BCUT2D eigenvalue weighted by atomic mass is 16.6. The van der Waals surface area contributed by atoms with E-state index >= 15 is 0 Å². The number of hydrogen-bond acceptors (Lipinski definition) is 4. The van der Waals surface area contributed by atoms with Crippen molar-refractivity contribution in [1.82, 2.24) is 0 Å². The molecule has 0 aromatic heterocycles. The molecule has 0 spiro atoms. The van der Waals surface area contributed by atoms with Crippen LogP contribution in [-0.2, 0) is 0 Å². The van der Waals surface area contributed by atoms with E-state index in [0.717, 1.165) is 31.8 Å². The topological polar surface area (TPSA) is 72.4 Å². The van der Waals surface area contributed by atoms with Gasteiger partial charge in [-0.2, -0.15) is 0 Å². The molecule has 0 saturated carbocycles. The smallest absolute Gasteiger partial charge is 0.315 e. The quantitative estimate of drug-likeness (QED) is 0.514. The van der Waals surface area contributed by atoms with Gasteiger partial charge in [0.1, 0.15) is 11.4 Å². The van der Waals surface area contributed by atoms with E-state index in [1.165, 1.54) is 12.8 Å². The molecule has 1 aromatic rings. The lowest BCUT2D eigenvalue weighted by atomic mass is 9.92. The zero-order valence-corrected chi connectivity index (χ0v) is 11.3. The molecule has 0 bridgehead atoms. The molecule has 0 amide bonds. The molecule has 0 radical (unpaired) electrons. The largest absolute Gasteiger partial charge is 0.393 e. The van der Waals surface area contributed by atoms with E-state index in [9.17, 15) is 10.1 Å². The zero-order chi connectivity index (χ0) is 13.8. The minimum absolute atomic E-state index is 0.0523. The number of piperidine rings is 1. The van der Waals surface area contributed by atoms with Crippen molar-refractivity contribution in [2.24, 2.45) is 5.92 Å².